The van der Waals surface area contributed by atoms with Crippen LogP contribution in [-0.2, 0) is 6.18 Å². The molecule has 28 heavy (non-hydrogen) atoms. The van der Waals surface area contributed by atoms with Crippen molar-refractivity contribution >= 4 is 0 Å². The van der Waals surface area contributed by atoms with Crippen LogP contribution in [0.5, 0.6) is 0 Å². The molecule has 0 bridgehead atoms. The molecular weight excluding hydrogens is 373 g/mol. The van der Waals surface area contributed by atoms with Crippen LogP contribution in [0.15, 0.2) is 49.1 Å². The number of benzene rings is 1. The molecule has 0 N–H and O–H groups in total. The van der Waals surface area contributed by atoms with Crippen LogP contribution in [0.25, 0.3) is 28.6 Å². The summed E-state index contributed by atoms with van der Waals surface area (Å²) in [5, 5.41) is 11.1. The van der Waals surface area contributed by atoms with E-state index in [0.29, 0.717) is 5.69 Å². The summed E-state index contributed by atoms with van der Waals surface area (Å²) in [4.78, 5) is 15.4. The molecule has 8 nitrogen and oxygen atoms in total. The molecule has 0 unspecified atom stereocenters. The molecule has 140 valence electrons. The fourth-order valence-corrected chi connectivity index (χ4v) is 2.51. The fourth-order valence-electron chi connectivity index (χ4n) is 2.51. The fraction of sp³-hybridized carbons (Fsp3) is 0.118. The topological polar surface area (TPSA) is 95.2 Å². The van der Waals surface area contributed by atoms with Crippen LogP contribution >= 0.6 is 0 Å². The van der Waals surface area contributed by atoms with E-state index < -0.39 is 11.9 Å². The van der Waals surface area contributed by atoms with Crippen LogP contribution in [-0.4, -0.2) is 40.1 Å². The molecular formula is C17H11F3N8. The first-order valence-electron chi connectivity index (χ1n) is 8.00. The van der Waals surface area contributed by atoms with Gasteiger partial charge in [0.15, 0.2) is 17.3 Å². The zero-order chi connectivity index (χ0) is 19.7. The average Bonchev–Trinajstić information content (AvgIpc) is 3.18. The molecule has 0 aliphatic rings. The highest BCUT2D eigenvalue weighted by Gasteiger charge is 2.38. The molecule has 4 aromatic rings. The van der Waals surface area contributed by atoms with Crippen molar-refractivity contribution in [1.29, 1.82) is 0 Å². The molecule has 11 heteroatoms. The van der Waals surface area contributed by atoms with E-state index in [4.69, 9.17) is 0 Å². The number of rotatable bonds is 3. The molecule has 0 saturated carbocycles. The molecule has 1 aromatic carbocycles. The number of alkyl halides is 3. The summed E-state index contributed by atoms with van der Waals surface area (Å²) in [6, 6.07) is 7.02. The van der Waals surface area contributed by atoms with Gasteiger partial charge in [-0.15, -0.1) is 5.10 Å². The lowest BCUT2D eigenvalue weighted by Crippen LogP contribution is -2.14. The van der Waals surface area contributed by atoms with Crippen molar-refractivity contribution in [2.24, 2.45) is 0 Å². The maximum atomic E-state index is 13.7. The number of hydrogen-bond donors (Lipinski definition) is 0. The minimum Gasteiger partial charge on any atom is -0.261 e. The lowest BCUT2D eigenvalue weighted by Gasteiger charge is -2.12. The average molecular weight is 384 g/mol. The van der Waals surface area contributed by atoms with E-state index in [1.165, 1.54) is 23.3 Å². The Morgan fingerprint density at radius 1 is 0.964 bits per heavy atom. The molecule has 0 aliphatic heterocycles. The highest BCUT2D eigenvalue weighted by atomic mass is 19.4. The van der Waals surface area contributed by atoms with Crippen LogP contribution in [0.1, 0.15) is 11.3 Å². The maximum absolute atomic E-state index is 13.7. The van der Waals surface area contributed by atoms with Crippen LogP contribution < -0.4 is 0 Å². The molecule has 0 atom stereocenters. The molecule has 3 aromatic heterocycles. The predicted octanol–water partition coefficient (Wildman–Crippen LogP) is 2.90. The van der Waals surface area contributed by atoms with E-state index in [-0.39, 0.29) is 22.9 Å². The number of aryl methyl sites for hydroxylation is 1. The minimum absolute atomic E-state index is 0.123. The maximum Gasteiger partial charge on any atom is 0.434 e. The Kier molecular flexibility index (Phi) is 4.26. The van der Waals surface area contributed by atoms with Crippen molar-refractivity contribution in [3.63, 3.8) is 0 Å². The minimum atomic E-state index is -4.75. The molecule has 0 saturated heterocycles. The highest BCUT2D eigenvalue weighted by Crippen LogP contribution is 2.35. The summed E-state index contributed by atoms with van der Waals surface area (Å²) in [6.07, 6.45) is 0.317. The van der Waals surface area contributed by atoms with E-state index in [0.717, 1.165) is 11.8 Å². The van der Waals surface area contributed by atoms with Gasteiger partial charge in [-0.3, -0.25) is 4.98 Å². The van der Waals surface area contributed by atoms with Crippen LogP contribution in [0, 0.1) is 6.92 Å². The lowest BCUT2D eigenvalue weighted by molar-refractivity contribution is -0.140. The summed E-state index contributed by atoms with van der Waals surface area (Å²) in [6.45, 7) is 1.89. The first-order valence-corrected chi connectivity index (χ1v) is 8.00. The molecule has 0 amide bonds. The molecule has 0 aliphatic carbocycles. The number of aromatic nitrogens is 8. The van der Waals surface area contributed by atoms with Crippen LogP contribution in [0.3, 0.4) is 0 Å². The van der Waals surface area contributed by atoms with Gasteiger partial charge in [-0.25, -0.2) is 15.0 Å². The van der Waals surface area contributed by atoms with Crippen molar-refractivity contribution in [2.75, 3.05) is 0 Å². The van der Waals surface area contributed by atoms with Gasteiger partial charge in [0.2, 0.25) is 0 Å². The SMILES string of the molecule is Cc1ccc(-n2nnnc2-c2cnc(-c3cnccn3)nc2C(F)(F)F)cc1. The van der Waals surface area contributed by atoms with Crippen molar-refractivity contribution in [1.82, 2.24) is 40.1 Å². The Morgan fingerprint density at radius 3 is 2.43 bits per heavy atom. The lowest BCUT2D eigenvalue weighted by atomic mass is 10.2. The van der Waals surface area contributed by atoms with Gasteiger partial charge in [0.1, 0.15) is 5.69 Å². The molecule has 0 fully saturated rings. The quantitative estimate of drug-likeness (QED) is 0.536. The van der Waals surface area contributed by atoms with Gasteiger partial charge < -0.3 is 0 Å². The Hall–Kier alpha value is -3.76. The number of nitrogens with zero attached hydrogens (tertiary/aromatic N) is 8. The summed E-state index contributed by atoms with van der Waals surface area (Å²) >= 11 is 0. The van der Waals surface area contributed by atoms with Gasteiger partial charge in [-0.05, 0) is 29.5 Å². The number of tetrazole rings is 1. The third-order valence-corrected chi connectivity index (χ3v) is 3.84. The third-order valence-electron chi connectivity index (χ3n) is 3.84. The van der Waals surface area contributed by atoms with Crippen LogP contribution in [0.2, 0.25) is 0 Å². The van der Waals surface area contributed by atoms with Crippen LogP contribution in [0.4, 0.5) is 13.2 Å². The Balaban J connectivity index is 1.87. The molecule has 4 rings (SSSR count). The Morgan fingerprint density at radius 2 is 1.75 bits per heavy atom. The standard InChI is InChI=1S/C17H11F3N8/c1-10-2-4-11(5-3-10)28-16(25-26-27-28)12-8-23-15(13-9-21-6-7-22-13)24-14(12)17(18,19)20/h2-9H,1H3. The van der Waals surface area contributed by atoms with Gasteiger partial charge >= 0.3 is 6.18 Å². The second-order valence-corrected chi connectivity index (χ2v) is 5.79. The first kappa shape index (κ1) is 17.6. The van der Waals surface area contributed by atoms with Crippen molar-refractivity contribution in [3.05, 3.63) is 60.3 Å². The monoisotopic (exact) mass is 384 g/mol. The van der Waals surface area contributed by atoms with E-state index >= 15 is 0 Å². The largest absolute Gasteiger partial charge is 0.434 e. The summed E-state index contributed by atoms with van der Waals surface area (Å²) < 4.78 is 42.4. The zero-order valence-corrected chi connectivity index (χ0v) is 14.3. The Labute approximate surface area is 156 Å². The van der Waals surface area contributed by atoms with E-state index in [1.54, 1.807) is 24.3 Å². The second-order valence-electron chi connectivity index (χ2n) is 5.79. The normalized spacial score (nSPS) is 11.6. The van der Waals surface area contributed by atoms with Gasteiger partial charge in [-0.2, -0.15) is 17.9 Å². The second kappa shape index (κ2) is 6.76. The molecule has 0 spiro atoms. The number of hydrogen-bond acceptors (Lipinski definition) is 7. The van der Waals surface area contributed by atoms with E-state index in [9.17, 15) is 13.2 Å². The summed E-state index contributed by atoms with van der Waals surface area (Å²) in [7, 11) is 0. The molecule has 3 heterocycles. The van der Waals surface area contributed by atoms with Crippen molar-refractivity contribution in [2.45, 2.75) is 13.1 Å². The third kappa shape index (κ3) is 3.29. The van der Waals surface area contributed by atoms with Crippen molar-refractivity contribution in [3.8, 4) is 28.6 Å². The summed E-state index contributed by atoms with van der Waals surface area (Å²) in [5.41, 5.74) is 0.123. The van der Waals surface area contributed by atoms with Gasteiger partial charge in [0, 0.05) is 18.6 Å². The smallest absolute Gasteiger partial charge is 0.261 e. The summed E-state index contributed by atoms with van der Waals surface area (Å²) in [5.74, 6) is -0.319. The van der Waals surface area contributed by atoms with Crippen molar-refractivity contribution < 1.29 is 13.2 Å². The highest BCUT2D eigenvalue weighted by molar-refractivity contribution is 5.62. The molecule has 0 radical (unpaired) electrons. The first-order chi connectivity index (χ1) is 13.4. The van der Waals surface area contributed by atoms with Gasteiger partial charge in [0.25, 0.3) is 0 Å². The number of halogens is 3. The van der Waals surface area contributed by atoms with Gasteiger partial charge in [-0.1, -0.05) is 17.7 Å². The predicted molar refractivity (Wildman–Crippen MR) is 90.9 cm³/mol. The van der Waals surface area contributed by atoms with E-state index in [1.807, 2.05) is 6.92 Å². The Bertz CT molecular complexity index is 1110. The van der Waals surface area contributed by atoms with Gasteiger partial charge in [0.05, 0.1) is 17.4 Å². The van der Waals surface area contributed by atoms with E-state index in [2.05, 4.69) is 35.5 Å². The zero-order valence-electron chi connectivity index (χ0n) is 14.3.